The van der Waals surface area contributed by atoms with Gasteiger partial charge in [-0.3, -0.25) is 4.79 Å². The second kappa shape index (κ2) is 3.63. The first-order chi connectivity index (χ1) is 11.6. The highest BCUT2D eigenvalue weighted by molar-refractivity contribution is 5.98. The van der Waals surface area contributed by atoms with Crippen molar-refractivity contribution >= 4 is 11.9 Å². The SMILES string of the molecule is COC(=O)C12Oc3ccccc3C3C1C1CC1C1C3C12C(=O)OC. The summed E-state index contributed by atoms with van der Waals surface area (Å²) < 4.78 is 16.8. The van der Waals surface area contributed by atoms with Crippen LogP contribution in [0.5, 0.6) is 5.75 Å². The van der Waals surface area contributed by atoms with Crippen LogP contribution < -0.4 is 4.74 Å². The molecule has 8 atom stereocenters. The zero-order chi connectivity index (χ0) is 16.4. The molecule has 5 aliphatic carbocycles. The summed E-state index contributed by atoms with van der Waals surface area (Å²) in [4.78, 5) is 26.0. The molecule has 1 aromatic rings. The highest BCUT2D eigenvalue weighted by atomic mass is 16.6. The van der Waals surface area contributed by atoms with Gasteiger partial charge in [0.2, 0.25) is 5.60 Å². The van der Waals surface area contributed by atoms with Crippen LogP contribution in [0.2, 0.25) is 0 Å². The lowest BCUT2D eigenvalue weighted by molar-refractivity contribution is -0.189. The predicted octanol–water partition coefficient (Wildman–Crippen LogP) is 1.76. The van der Waals surface area contributed by atoms with E-state index in [0.717, 1.165) is 17.7 Å². The molecule has 24 heavy (non-hydrogen) atoms. The quantitative estimate of drug-likeness (QED) is 0.775. The van der Waals surface area contributed by atoms with E-state index in [1.165, 1.54) is 14.2 Å². The molecule has 8 unspecified atom stereocenters. The Morgan fingerprint density at radius 3 is 2.50 bits per heavy atom. The van der Waals surface area contributed by atoms with Crippen LogP contribution in [0.4, 0.5) is 0 Å². The maximum atomic E-state index is 13.0. The Kier molecular flexibility index (Phi) is 2.01. The molecule has 1 aromatic carbocycles. The average Bonchev–Trinajstić information content (AvgIpc) is 3.50. The van der Waals surface area contributed by atoms with Crippen molar-refractivity contribution in [3.8, 4) is 5.75 Å². The molecule has 0 amide bonds. The number of esters is 2. The number of benzene rings is 1. The maximum absolute atomic E-state index is 13.0. The minimum absolute atomic E-state index is 0.0268. The molecule has 124 valence electrons. The normalized spacial score (nSPS) is 50.1. The molecule has 5 heteroatoms. The van der Waals surface area contributed by atoms with Gasteiger partial charge in [-0.2, -0.15) is 0 Å². The fourth-order valence-electron chi connectivity index (χ4n) is 7.08. The molecule has 0 N–H and O–H groups in total. The second-order valence-corrected chi connectivity index (χ2v) is 7.89. The van der Waals surface area contributed by atoms with Crippen molar-refractivity contribution in [3.05, 3.63) is 29.8 Å². The van der Waals surface area contributed by atoms with E-state index in [4.69, 9.17) is 14.2 Å². The van der Waals surface area contributed by atoms with Crippen molar-refractivity contribution in [2.45, 2.75) is 17.9 Å². The summed E-state index contributed by atoms with van der Waals surface area (Å²) in [5.74, 6) is 1.57. The van der Waals surface area contributed by atoms with E-state index < -0.39 is 17.0 Å². The predicted molar refractivity (Wildman–Crippen MR) is 81.1 cm³/mol. The molecule has 1 aliphatic heterocycles. The van der Waals surface area contributed by atoms with Crippen LogP contribution in [0.1, 0.15) is 17.9 Å². The standard InChI is InChI=1S/C19H18O5/c1-22-16(20)18-14-10-7-9(10)13-12(15(14)18)8-5-3-4-6-11(8)24-19(13,18)17(21)23-2/h3-6,9-10,12-15H,7H2,1-2H3. The number of methoxy groups -OCH3 is 2. The molecular formula is C19H18O5. The highest BCUT2D eigenvalue weighted by Crippen LogP contribution is 2.92. The molecule has 5 nitrogen and oxygen atoms in total. The van der Waals surface area contributed by atoms with E-state index in [9.17, 15) is 9.59 Å². The third-order valence-corrected chi connectivity index (χ3v) is 7.56. The minimum atomic E-state index is -1.21. The fourth-order valence-corrected chi connectivity index (χ4v) is 7.08. The number of fused-ring (bicyclic) bond motifs is 1. The van der Waals surface area contributed by atoms with Crippen LogP contribution in [-0.4, -0.2) is 31.8 Å². The van der Waals surface area contributed by atoms with Crippen molar-refractivity contribution in [2.24, 2.45) is 35.0 Å². The lowest BCUT2D eigenvalue weighted by Gasteiger charge is -2.48. The number of carbonyl (C=O) groups is 2. The Bertz CT molecular complexity index is 818. The third-order valence-electron chi connectivity index (χ3n) is 7.56. The van der Waals surface area contributed by atoms with Gasteiger partial charge in [-0.25, -0.2) is 4.79 Å². The fraction of sp³-hybridized carbons (Fsp3) is 0.579. The van der Waals surface area contributed by atoms with Crippen molar-refractivity contribution in [3.63, 3.8) is 0 Å². The summed E-state index contributed by atoms with van der Waals surface area (Å²) in [6.07, 6.45) is 1.09. The zero-order valence-electron chi connectivity index (χ0n) is 13.5. The molecule has 1 heterocycles. The monoisotopic (exact) mass is 326 g/mol. The summed E-state index contributed by atoms with van der Waals surface area (Å²) in [5.41, 5.74) is -0.924. The molecule has 0 spiro atoms. The van der Waals surface area contributed by atoms with Crippen molar-refractivity contribution in [1.82, 2.24) is 0 Å². The van der Waals surface area contributed by atoms with E-state index in [1.807, 2.05) is 18.2 Å². The minimum Gasteiger partial charge on any atom is -0.474 e. The van der Waals surface area contributed by atoms with Gasteiger partial charge in [0.1, 0.15) is 11.2 Å². The number of para-hydroxylation sites is 1. The Morgan fingerprint density at radius 2 is 1.75 bits per heavy atom. The summed E-state index contributed by atoms with van der Waals surface area (Å²) in [6.45, 7) is 0. The molecule has 0 aromatic heterocycles. The second-order valence-electron chi connectivity index (χ2n) is 7.89. The Balaban J connectivity index is 1.66. The topological polar surface area (TPSA) is 61.8 Å². The molecule has 0 radical (unpaired) electrons. The summed E-state index contributed by atoms with van der Waals surface area (Å²) in [6, 6.07) is 7.89. The molecular weight excluding hydrogens is 308 g/mol. The van der Waals surface area contributed by atoms with Crippen molar-refractivity contribution < 1.29 is 23.8 Å². The van der Waals surface area contributed by atoms with E-state index in [1.54, 1.807) is 0 Å². The molecule has 5 saturated carbocycles. The molecule has 0 saturated heterocycles. The Morgan fingerprint density at radius 1 is 1.04 bits per heavy atom. The largest absolute Gasteiger partial charge is 0.474 e. The lowest BCUT2D eigenvalue weighted by atomic mass is 9.63. The van der Waals surface area contributed by atoms with E-state index in [-0.39, 0.29) is 29.6 Å². The maximum Gasteiger partial charge on any atom is 0.351 e. The van der Waals surface area contributed by atoms with Crippen LogP contribution in [0.3, 0.4) is 0 Å². The zero-order valence-corrected chi connectivity index (χ0v) is 13.5. The van der Waals surface area contributed by atoms with Crippen LogP contribution >= 0.6 is 0 Å². The first-order valence-corrected chi connectivity index (χ1v) is 8.59. The smallest absolute Gasteiger partial charge is 0.351 e. The summed E-state index contributed by atoms with van der Waals surface area (Å²) in [5, 5.41) is 0. The first kappa shape index (κ1) is 13.3. The Labute approximate surface area is 139 Å². The number of rotatable bonds is 2. The summed E-state index contributed by atoms with van der Waals surface area (Å²) in [7, 11) is 2.79. The van der Waals surface area contributed by atoms with Gasteiger partial charge in [0, 0.05) is 5.92 Å². The molecule has 6 aliphatic rings. The van der Waals surface area contributed by atoms with Gasteiger partial charge < -0.3 is 14.2 Å². The number of carbonyl (C=O) groups excluding carboxylic acids is 2. The highest BCUT2D eigenvalue weighted by Gasteiger charge is 3.00. The van der Waals surface area contributed by atoms with E-state index >= 15 is 0 Å². The van der Waals surface area contributed by atoms with E-state index in [2.05, 4.69) is 6.07 Å². The number of hydrogen-bond donors (Lipinski definition) is 0. The van der Waals surface area contributed by atoms with Crippen LogP contribution in [0, 0.1) is 35.0 Å². The van der Waals surface area contributed by atoms with Crippen molar-refractivity contribution in [1.29, 1.82) is 0 Å². The third kappa shape index (κ3) is 0.994. The van der Waals surface area contributed by atoms with Gasteiger partial charge in [0.05, 0.1) is 14.2 Å². The van der Waals surface area contributed by atoms with Gasteiger partial charge in [-0.15, -0.1) is 0 Å². The van der Waals surface area contributed by atoms with Crippen LogP contribution in [0.25, 0.3) is 0 Å². The molecule has 6 bridgehead atoms. The van der Waals surface area contributed by atoms with Gasteiger partial charge >= 0.3 is 11.9 Å². The first-order valence-electron chi connectivity index (χ1n) is 8.59. The van der Waals surface area contributed by atoms with Crippen LogP contribution in [-0.2, 0) is 19.1 Å². The van der Waals surface area contributed by atoms with Gasteiger partial charge in [-0.05, 0) is 47.6 Å². The van der Waals surface area contributed by atoms with Gasteiger partial charge in [0.15, 0.2) is 0 Å². The lowest BCUT2D eigenvalue weighted by Crippen LogP contribution is -2.64. The van der Waals surface area contributed by atoms with Crippen molar-refractivity contribution in [2.75, 3.05) is 14.2 Å². The van der Waals surface area contributed by atoms with Crippen LogP contribution in [0.15, 0.2) is 24.3 Å². The van der Waals surface area contributed by atoms with Gasteiger partial charge in [-0.1, -0.05) is 18.2 Å². The Hall–Kier alpha value is -2.04. The van der Waals surface area contributed by atoms with E-state index in [0.29, 0.717) is 11.8 Å². The summed E-state index contributed by atoms with van der Waals surface area (Å²) >= 11 is 0. The molecule has 7 rings (SSSR count). The number of hydrogen-bond acceptors (Lipinski definition) is 5. The number of ether oxygens (including phenoxy) is 3. The molecule has 5 fully saturated rings. The van der Waals surface area contributed by atoms with Gasteiger partial charge in [0.25, 0.3) is 0 Å². The average molecular weight is 326 g/mol.